The van der Waals surface area contributed by atoms with Gasteiger partial charge in [-0.25, -0.2) is 0 Å². The quantitative estimate of drug-likeness (QED) is 0.441. The molecule has 0 bridgehead atoms. The molecule has 0 aromatic carbocycles. The largest absolute Gasteiger partial charge is 0.370 e. The maximum absolute atomic E-state index is 5.94. The number of unbranched alkanes of at least 4 members (excludes halogenated alkanes) is 3. The van der Waals surface area contributed by atoms with Crippen LogP contribution in [0.4, 0.5) is 0 Å². The summed E-state index contributed by atoms with van der Waals surface area (Å²) in [6.07, 6.45) is 6.64. The third-order valence-electron chi connectivity index (χ3n) is 2.52. The molecule has 0 aromatic rings. The van der Waals surface area contributed by atoms with Crippen molar-refractivity contribution in [1.29, 1.82) is 0 Å². The average Bonchev–Trinajstić information content (AvgIpc) is 2.24. The molecule has 0 rings (SSSR count). The zero-order chi connectivity index (χ0) is 11.7. The lowest BCUT2D eigenvalue weighted by molar-refractivity contribution is -0.0487. The van der Waals surface area contributed by atoms with Crippen molar-refractivity contribution in [1.82, 2.24) is 0 Å². The third kappa shape index (κ3) is 7.59. The van der Waals surface area contributed by atoms with Crippen LogP contribution in [-0.2, 0) is 4.74 Å². The maximum Gasteiger partial charge on any atom is 0.0889 e. The summed E-state index contributed by atoms with van der Waals surface area (Å²) < 4.78 is 5.94. The Labute approximate surface area is 108 Å². The summed E-state index contributed by atoms with van der Waals surface area (Å²) >= 11 is 9.33. The van der Waals surface area contributed by atoms with E-state index >= 15 is 0 Å². The second-order valence-electron chi connectivity index (χ2n) is 4.49. The summed E-state index contributed by atoms with van der Waals surface area (Å²) in [6.45, 7) is 6.42. The molecule has 2 atom stereocenters. The maximum atomic E-state index is 5.94. The number of ether oxygens (including phenoxy) is 1. The van der Waals surface area contributed by atoms with Crippen LogP contribution < -0.4 is 0 Å². The Balaban J connectivity index is 3.67. The van der Waals surface area contributed by atoms with Crippen LogP contribution in [0.15, 0.2) is 0 Å². The molecule has 0 aliphatic rings. The summed E-state index contributed by atoms with van der Waals surface area (Å²) in [6, 6.07) is 0. The predicted molar refractivity (Wildman–Crippen MR) is 72.2 cm³/mol. The van der Waals surface area contributed by atoms with E-state index in [4.69, 9.17) is 16.3 Å². The van der Waals surface area contributed by atoms with Gasteiger partial charge >= 0.3 is 0 Å². The zero-order valence-corrected chi connectivity index (χ0v) is 12.5. The van der Waals surface area contributed by atoms with Gasteiger partial charge in [0, 0.05) is 5.33 Å². The van der Waals surface area contributed by atoms with E-state index in [1.54, 1.807) is 0 Å². The molecule has 0 N–H and O–H groups in total. The van der Waals surface area contributed by atoms with Gasteiger partial charge in [-0.2, -0.15) is 0 Å². The molecular weight excluding hydrogens is 275 g/mol. The standard InChI is InChI=1S/C12H24BrClO/c1-4-5-6-7-8-11(2)15-12(3,9-13)10-14/h11H,4-10H2,1-3H3. The molecule has 1 nitrogen and oxygen atoms in total. The number of hydrogen-bond donors (Lipinski definition) is 0. The molecule has 3 heteroatoms. The van der Waals surface area contributed by atoms with Crippen LogP contribution in [0.1, 0.15) is 52.9 Å². The van der Waals surface area contributed by atoms with E-state index in [9.17, 15) is 0 Å². The van der Waals surface area contributed by atoms with Crippen molar-refractivity contribution in [2.75, 3.05) is 11.2 Å². The molecule has 0 saturated heterocycles. The Hall–Kier alpha value is 0.730. The SMILES string of the molecule is CCCCCCC(C)OC(C)(CCl)CBr. The highest BCUT2D eigenvalue weighted by Crippen LogP contribution is 2.20. The van der Waals surface area contributed by atoms with E-state index in [1.165, 1.54) is 25.7 Å². The van der Waals surface area contributed by atoms with Crippen LogP contribution >= 0.6 is 27.5 Å². The van der Waals surface area contributed by atoms with E-state index in [0.717, 1.165) is 11.8 Å². The van der Waals surface area contributed by atoms with Gasteiger partial charge in [0.05, 0.1) is 17.6 Å². The Morgan fingerprint density at radius 2 is 2.00 bits per heavy atom. The molecule has 0 aliphatic carbocycles. The molecule has 0 spiro atoms. The third-order valence-corrected chi connectivity index (χ3v) is 4.27. The second-order valence-corrected chi connectivity index (χ2v) is 5.32. The highest BCUT2D eigenvalue weighted by molar-refractivity contribution is 9.09. The molecule has 0 aromatic heterocycles. The first kappa shape index (κ1) is 15.7. The number of hydrogen-bond acceptors (Lipinski definition) is 1. The molecular formula is C12H24BrClO. The minimum Gasteiger partial charge on any atom is -0.370 e. The minimum absolute atomic E-state index is 0.217. The average molecular weight is 300 g/mol. The van der Waals surface area contributed by atoms with Gasteiger partial charge in [0.2, 0.25) is 0 Å². The van der Waals surface area contributed by atoms with Gasteiger partial charge in [0.25, 0.3) is 0 Å². The van der Waals surface area contributed by atoms with Gasteiger partial charge in [0.1, 0.15) is 0 Å². The van der Waals surface area contributed by atoms with Crippen molar-refractivity contribution in [2.24, 2.45) is 0 Å². The molecule has 0 fully saturated rings. The van der Waals surface area contributed by atoms with E-state index in [-0.39, 0.29) is 5.60 Å². The van der Waals surface area contributed by atoms with Crippen LogP contribution in [0.5, 0.6) is 0 Å². The van der Waals surface area contributed by atoms with Crippen molar-refractivity contribution in [2.45, 2.75) is 64.6 Å². The zero-order valence-electron chi connectivity index (χ0n) is 10.2. The Bertz CT molecular complexity index is 149. The minimum atomic E-state index is -0.217. The van der Waals surface area contributed by atoms with Gasteiger partial charge in [-0.3, -0.25) is 0 Å². The molecule has 0 saturated carbocycles. The highest BCUT2D eigenvalue weighted by atomic mass is 79.9. The topological polar surface area (TPSA) is 9.23 Å². The predicted octanol–water partition coefficient (Wildman–Crippen LogP) is 4.75. The first-order chi connectivity index (χ1) is 7.08. The number of halogens is 2. The fourth-order valence-electron chi connectivity index (χ4n) is 1.50. The van der Waals surface area contributed by atoms with E-state index in [2.05, 4.69) is 36.7 Å². The fourth-order valence-corrected chi connectivity index (χ4v) is 2.22. The Morgan fingerprint density at radius 1 is 1.33 bits per heavy atom. The van der Waals surface area contributed by atoms with Gasteiger partial charge in [-0.05, 0) is 20.3 Å². The molecule has 15 heavy (non-hydrogen) atoms. The summed E-state index contributed by atoms with van der Waals surface area (Å²) in [7, 11) is 0. The van der Waals surface area contributed by atoms with Gasteiger partial charge in [-0.15, -0.1) is 11.6 Å². The lowest BCUT2D eigenvalue weighted by Crippen LogP contribution is -2.36. The summed E-state index contributed by atoms with van der Waals surface area (Å²) in [4.78, 5) is 0. The molecule has 0 radical (unpaired) electrons. The van der Waals surface area contributed by atoms with E-state index < -0.39 is 0 Å². The second kappa shape index (κ2) is 8.83. The summed E-state index contributed by atoms with van der Waals surface area (Å²) in [5, 5.41) is 0.794. The van der Waals surface area contributed by atoms with Gasteiger partial charge < -0.3 is 4.74 Å². The van der Waals surface area contributed by atoms with Crippen LogP contribution in [0, 0.1) is 0 Å². The van der Waals surface area contributed by atoms with Crippen LogP contribution in [-0.4, -0.2) is 22.9 Å². The van der Waals surface area contributed by atoms with Crippen molar-refractivity contribution in [3.05, 3.63) is 0 Å². The van der Waals surface area contributed by atoms with Crippen LogP contribution in [0.25, 0.3) is 0 Å². The molecule has 0 amide bonds. The van der Waals surface area contributed by atoms with Crippen LogP contribution in [0.2, 0.25) is 0 Å². The van der Waals surface area contributed by atoms with E-state index in [0.29, 0.717) is 12.0 Å². The fraction of sp³-hybridized carbons (Fsp3) is 1.00. The molecule has 0 heterocycles. The first-order valence-corrected chi connectivity index (χ1v) is 7.53. The molecule has 92 valence electrons. The van der Waals surface area contributed by atoms with Crippen molar-refractivity contribution >= 4 is 27.5 Å². The Kier molecular flexibility index (Phi) is 9.26. The van der Waals surface area contributed by atoms with Crippen molar-refractivity contribution in [3.8, 4) is 0 Å². The van der Waals surface area contributed by atoms with Gasteiger partial charge in [-0.1, -0.05) is 48.5 Å². The summed E-state index contributed by atoms with van der Waals surface area (Å²) in [5.41, 5.74) is -0.217. The van der Waals surface area contributed by atoms with Crippen LogP contribution in [0.3, 0.4) is 0 Å². The van der Waals surface area contributed by atoms with Crippen molar-refractivity contribution < 1.29 is 4.74 Å². The van der Waals surface area contributed by atoms with Crippen molar-refractivity contribution in [3.63, 3.8) is 0 Å². The number of alkyl halides is 2. The first-order valence-electron chi connectivity index (χ1n) is 5.87. The van der Waals surface area contributed by atoms with E-state index in [1.807, 2.05) is 0 Å². The van der Waals surface area contributed by atoms with Gasteiger partial charge in [0.15, 0.2) is 0 Å². The highest BCUT2D eigenvalue weighted by Gasteiger charge is 2.24. The monoisotopic (exact) mass is 298 g/mol. The number of rotatable bonds is 9. The molecule has 0 aliphatic heterocycles. The Morgan fingerprint density at radius 3 is 2.47 bits per heavy atom. The summed E-state index contributed by atoms with van der Waals surface area (Å²) in [5.74, 6) is 0.539. The lowest BCUT2D eigenvalue weighted by Gasteiger charge is -2.29. The lowest BCUT2D eigenvalue weighted by atomic mass is 10.1. The molecule has 2 unspecified atom stereocenters. The normalized spacial score (nSPS) is 17.4. The smallest absolute Gasteiger partial charge is 0.0889 e.